The van der Waals surface area contributed by atoms with Crippen molar-refractivity contribution >= 4 is 16.6 Å². The minimum absolute atomic E-state index is 0.378. The Hall–Kier alpha value is -1.85. The molecule has 0 radical (unpaired) electrons. The summed E-state index contributed by atoms with van der Waals surface area (Å²) in [7, 11) is 1.66. The van der Waals surface area contributed by atoms with Crippen molar-refractivity contribution in [1.29, 1.82) is 0 Å². The van der Waals surface area contributed by atoms with Gasteiger partial charge in [-0.2, -0.15) is 0 Å². The number of ether oxygens (including phenoxy) is 1. The highest BCUT2D eigenvalue weighted by atomic mass is 16.5. The second-order valence-corrected chi connectivity index (χ2v) is 6.57. The predicted octanol–water partition coefficient (Wildman–Crippen LogP) is 2.81. The third-order valence-corrected chi connectivity index (χ3v) is 4.70. The molecule has 0 aliphatic carbocycles. The van der Waals surface area contributed by atoms with Gasteiger partial charge in [0.25, 0.3) is 0 Å². The lowest BCUT2D eigenvalue weighted by molar-refractivity contribution is 0.110. The minimum Gasteiger partial charge on any atom is -0.494 e. The Kier molecular flexibility index (Phi) is 5.53. The molecular formula is C19H27N3O2. The van der Waals surface area contributed by atoms with Crippen molar-refractivity contribution in [2.45, 2.75) is 32.3 Å². The maximum absolute atomic E-state index is 10.4. The number of anilines is 1. The van der Waals surface area contributed by atoms with Crippen LogP contribution in [0, 0.1) is 6.92 Å². The minimum atomic E-state index is -0.378. The number of aliphatic hydroxyl groups is 1. The lowest BCUT2D eigenvalue weighted by Crippen LogP contribution is -2.39. The molecular weight excluding hydrogens is 302 g/mol. The zero-order chi connectivity index (χ0) is 16.9. The van der Waals surface area contributed by atoms with Crippen LogP contribution >= 0.6 is 0 Å². The second kappa shape index (κ2) is 7.81. The van der Waals surface area contributed by atoms with Gasteiger partial charge in [-0.1, -0.05) is 18.6 Å². The van der Waals surface area contributed by atoms with E-state index in [9.17, 15) is 5.11 Å². The Bertz CT molecular complexity index is 684. The molecule has 3 rings (SSSR count). The van der Waals surface area contributed by atoms with Gasteiger partial charge in [0, 0.05) is 30.4 Å². The summed E-state index contributed by atoms with van der Waals surface area (Å²) in [6, 6.07) is 5.93. The summed E-state index contributed by atoms with van der Waals surface area (Å²) in [5, 5.41) is 14.8. The summed E-state index contributed by atoms with van der Waals surface area (Å²) in [6.45, 7) is 5.51. The second-order valence-electron chi connectivity index (χ2n) is 6.57. The number of nitrogens with one attached hydrogen (secondary N) is 1. The average Bonchev–Trinajstić information content (AvgIpc) is 2.61. The van der Waals surface area contributed by atoms with Crippen LogP contribution in [0.3, 0.4) is 0 Å². The summed E-state index contributed by atoms with van der Waals surface area (Å²) in [5.74, 6) is 0.768. The van der Waals surface area contributed by atoms with Crippen LogP contribution in [0.5, 0.6) is 5.75 Å². The largest absolute Gasteiger partial charge is 0.494 e. The number of β-amino-alcohol motifs (C(OH)–C–C–N with tert-alkyl or cyclic N) is 1. The van der Waals surface area contributed by atoms with Gasteiger partial charge in [-0.15, -0.1) is 0 Å². The number of benzene rings is 1. The highest BCUT2D eigenvalue weighted by Gasteiger charge is 2.15. The van der Waals surface area contributed by atoms with Crippen molar-refractivity contribution in [2.75, 3.05) is 38.6 Å². The van der Waals surface area contributed by atoms with Gasteiger partial charge in [-0.25, -0.2) is 0 Å². The van der Waals surface area contributed by atoms with Crippen LogP contribution in [-0.2, 0) is 0 Å². The van der Waals surface area contributed by atoms with Gasteiger partial charge in [0.2, 0.25) is 0 Å². The van der Waals surface area contributed by atoms with Gasteiger partial charge in [0.1, 0.15) is 11.3 Å². The van der Waals surface area contributed by atoms with Crippen molar-refractivity contribution in [3.8, 4) is 5.75 Å². The van der Waals surface area contributed by atoms with Gasteiger partial charge < -0.3 is 20.1 Å². The maximum Gasteiger partial charge on any atom is 0.145 e. The number of aliphatic hydroxyl groups excluding tert-OH is 1. The van der Waals surface area contributed by atoms with E-state index in [1.54, 1.807) is 7.11 Å². The number of hydrogen-bond donors (Lipinski definition) is 2. The highest BCUT2D eigenvalue weighted by molar-refractivity contribution is 5.96. The van der Waals surface area contributed by atoms with E-state index < -0.39 is 0 Å². The van der Waals surface area contributed by atoms with Crippen LogP contribution in [0.2, 0.25) is 0 Å². The molecule has 0 bridgehead atoms. The zero-order valence-corrected chi connectivity index (χ0v) is 14.6. The molecule has 130 valence electrons. The van der Waals surface area contributed by atoms with Crippen molar-refractivity contribution in [2.24, 2.45) is 0 Å². The fourth-order valence-electron chi connectivity index (χ4n) is 3.42. The van der Waals surface area contributed by atoms with Crippen molar-refractivity contribution in [3.05, 3.63) is 30.0 Å². The van der Waals surface area contributed by atoms with Gasteiger partial charge in [-0.05, 0) is 44.5 Å². The van der Waals surface area contributed by atoms with Gasteiger partial charge >= 0.3 is 0 Å². The SMILES string of the molecule is COc1cccc2c(NC[C@@H](O)CN3CCCCC3)c(C)cnc12. The first kappa shape index (κ1) is 17.0. The number of methoxy groups -OCH3 is 1. The molecule has 1 atom stereocenters. The molecule has 1 aliphatic rings. The summed E-state index contributed by atoms with van der Waals surface area (Å²) in [6.07, 6.45) is 5.28. The van der Waals surface area contributed by atoms with E-state index in [0.717, 1.165) is 47.5 Å². The van der Waals surface area contributed by atoms with E-state index in [1.807, 2.05) is 31.3 Å². The lowest BCUT2D eigenvalue weighted by atomic mass is 10.1. The highest BCUT2D eigenvalue weighted by Crippen LogP contribution is 2.31. The summed E-state index contributed by atoms with van der Waals surface area (Å²) in [4.78, 5) is 6.85. The molecule has 1 aliphatic heterocycles. The van der Waals surface area contributed by atoms with Crippen molar-refractivity contribution in [3.63, 3.8) is 0 Å². The van der Waals surface area contributed by atoms with Crippen LogP contribution < -0.4 is 10.1 Å². The molecule has 0 spiro atoms. The molecule has 24 heavy (non-hydrogen) atoms. The molecule has 0 amide bonds. The standard InChI is InChI=1S/C19H27N3O2/c1-14-11-20-19-16(7-6-8-17(19)24-2)18(14)21-12-15(23)13-22-9-4-3-5-10-22/h6-8,11,15,23H,3-5,9-10,12-13H2,1-2H3,(H,20,21)/t15-/m1/s1. The third kappa shape index (κ3) is 3.79. The molecule has 1 aromatic heterocycles. The summed E-state index contributed by atoms with van der Waals surface area (Å²) in [5.41, 5.74) is 2.94. The number of piperidine rings is 1. The predicted molar refractivity (Wildman–Crippen MR) is 97.8 cm³/mol. The van der Waals surface area contributed by atoms with Crippen LogP contribution in [0.25, 0.3) is 10.9 Å². The molecule has 5 nitrogen and oxygen atoms in total. The van der Waals surface area contributed by atoms with E-state index in [1.165, 1.54) is 19.3 Å². The van der Waals surface area contributed by atoms with Crippen molar-refractivity contribution in [1.82, 2.24) is 9.88 Å². The molecule has 0 unspecified atom stereocenters. The summed E-state index contributed by atoms with van der Waals surface area (Å²) >= 11 is 0. The van der Waals surface area contributed by atoms with Crippen LogP contribution in [0.4, 0.5) is 5.69 Å². The Morgan fingerprint density at radius 2 is 2.08 bits per heavy atom. The number of para-hydroxylation sites is 1. The maximum atomic E-state index is 10.4. The van der Waals surface area contributed by atoms with E-state index in [-0.39, 0.29) is 6.10 Å². The van der Waals surface area contributed by atoms with Gasteiger partial charge in [0.15, 0.2) is 0 Å². The fraction of sp³-hybridized carbons (Fsp3) is 0.526. The Labute approximate surface area is 143 Å². The molecule has 1 fully saturated rings. The van der Waals surface area contributed by atoms with E-state index in [2.05, 4.69) is 15.2 Å². The molecule has 1 aromatic carbocycles. The van der Waals surface area contributed by atoms with Crippen LogP contribution in [-0.4, -0.2) is 54.4 Å². The molecule has 2 aromatic rings. The normalized spacial score (nSPS) is 17.0. The van der Waals surface area contributed by atoms with E-state index >= 15 is 0 Å². The number of rotatable bonds is 6. The van der Waals surface area contributed by atoms with E-state index in [4.69, 9.17) is 4.74 Å². The number of likely N-dealkylation sites (tertiary alicyclic amines) is 1. The topological polar surface area (TPSA) is 57.6 Å². The Balaban J connectivity index is 1.71. The summed E-state index contributed by atoms with van der Waals surface area (Å²) < 4.78 is 5.40. The Morgan fingerprint density at radius 1 is 1.29 bits per heavy atom. The molecule has 0 saturated carbocycles. The number of pyridine rings is 1. The molecule has 5 heteroatoms. The fourth-order valence-corrected chi connectivity index (χ4v) is 3.42. The number of aryl methyl sites for hydroxylation is 1. The zero-order valence-electron chi connectivity index (χ0n) is 14.6. The number of aromatic nitrogens is 1. The number of nitrogens with zero attached hydrogens (tertiary/aromatic N) is 2. The monoisotopic (exact) mass is 329 g/mol. The molecule has 2 N–H and O–H groups in total. The molecule has 2 heterocycles. The number of fused-ring (bicyclic) bond motifs is 1. The average molecular weight is 329 g/mol. The van der Waals surface area contributed by atoms with Crippen LogP contribution in [0.15, 0.2) is 24.4 Å². The molecule has 1 saturated heterocycles. The Morgan fingerprint density at radius 3 is 2.83 bits per heavy atom. The first-order chi connectivity index (χ1) is 11.7. The first-order valence-electron chi connectivity index (χ1n) is 8.75. The quantitative estimate of drug-likeness (QED) is 0.853. The number of hydrogen-bond acceptors (Lipinski definition) is 5. The smallest absolute Gasteiger partial charge is 0.145 e. The van der Waals surface area contributed by atoms with Gasteiger partial charge in [-0.3, -0.25) is 4.98 Å². The van der Waals surface area contributed by atoms with Gasteiger partial charge in [0.05, 0.1) is 13.2 Å². The van der Waals surface area contributed by atoms with Crippen LogP contribution in [0.1, 0.15) is 24.8 Å². The van der Waals surface area contributed by atoms with E-state index in [0.29, 0.717) is 6.54 Å². The van der Waals surface area contributed by atoms with Crippen molar-refractivity contribution < 1.29 is 9.84 Å². The lowest BCUT2D eigenvalue weighted by Gasteiger charge is -2.28. The first-order valence-corrected chi connectivity index (χ1v) is 8.75. The third-order valence-electron chi connectivity index (χ3n) is 4.70.